The molecular weight excluding hydrogens is 378 g/mol. The van der Waals surface area contributed by atoms with Gasteiger partial charge in [-0.1, -0.05) is 30.8 Å². The van der Waals surface area contributed by atoms with Gasteiger partial charge < -0.3 is 4.90 Å². The van der Waals surface area contributed by atoms with Crippen molar-refractivity contribution in [3.05, 3.63) is 75.6 Å². The summed E-state index contributed by atoms with van der Waals surface area (Å²) in [5.74, 6) is 0.785. The Morgan fingerprint density at radius 3 is 2.79 bits per heavy atom. The van der Waals surface area contributed by atoms with Crippen molar-refractivity contribution in [1.82, 2.24) is 14.7 Å². The van der Waals surface area contributed by atoms with E-state index in [2.05, 4.69) is 49.9 Å². The van der Waals surface area contributed by atoms with E-state index in [0.717, 1.165) is 5.69 Å². The number of hydrogen-bond donors (Lipinski definition) is 0. The molecule has 2 aliphatic rings. The van der Waals surface area contributed by atoms with Crippen molar-refractivity contribution in [2.45, 2.75) is 38.1 Å². The van der Waals surface area contributed by atoms with Crippen LogP contribution in [-0.2, 0) is 18.4 Å². The molecule has 1 aromatic carbocycles. The molecule has 0 saturated heterocycles. The third-order valence-electron chi connectivity index (χ3n) is 6.07. The highest BCUT2D eigenvalue weighted by Crippen LogP contribution is 2.43. The van der Waals surface area contributed by atoms with Crippen LogP contribution in [0.2, 0.25) is 0 Å². The van der Waals surface area contributed by atoms with E-state index in [0.29, 0.717) is 19.0 Å². The average molecular weight is 404 g/mol. The minimum atomic E-state index is 0.000683. The van der Waals surface area contributed by atoms with E-state index in [1.165, 1.54) is 51.1 Å². The van der Waals surface area contributed by atoms with Gasteiger partial charge in [0.1, 0.15) is 0 Å². The molecule has 0 N–H and O–H groups in total. The van der Waals surface area contributed by atoms with Gasteiger partial charge >= 0.3 is 0 Å². The van der Waals surface area contributed by atoms with Crippen molar-refractivity contribution in [1.29, 1.82) is 0 Å². The van der Waals surface area contributed by atoms with Gasteiger partial charge in [0.25, 0.3) is 0 Å². The van der Waals surface area contributed by atoms with Crippen LogP contribution >= 0.6 is 11.3 Å². The zero-order valence-electron chi connectivity index (χ0n) is 16.9. The second-order valence-corrected chi connectivity index (χ2v) is 9.49. The molecule has 1 saturated carbocycles. The van der Waals surface area contributed by atoms with Crippen LogP contribution < -0.4 is 0 Å². The molecule has 1 aliphatic carbocycles. The number of thiophene rings is 1. The summed E-state index contributed by atoms with van der Waals surface area (Å²) in [6, 6.07) is 13.2. The van der Waals surface area contributed by atoms with Gasteiger partial charge in [-0.2, -0.15) is 5.10 Å². The van der Waals surface area contributed by atoms with Gasteiger partial charge in [-0.15, -0.1) is 11.3 Å². The molecule has 0 radical (unpaired) electrons. The van der Waals surface area contributed by atoms with E-state index in [-0.39, 0.29) is 11.8 Å². The van der Waals surface area contributed by atoms with Crippen LogP contribution in [0.1, 0.15) is 51.3 Å². The quantitative estimate of drug-likeness (QED) is 0.575. The maximum atomic E-state index is 12.5. The number of hydrogen-bond acceptors (Lipinski definition) is 3. The SMILES string of the molecule is C=CC(=O)N1Cc2sc(C)cc2[C@@H](c2ccccc2-c2cc(C3CC3)nn2C)C1. The van der Waals surface area contributed by atoms with Crippen molar-refractivity contribution in [3.63, 3.8) is 0 Å². The van der Waals surface area contributed by atoms with E-state index in [1.807, 2.05) is 16.6 Å². The second-order valence-electron chi connectivity index (χ2n) is 8.15. The lowest BCUT2D eigenvalue weighted by Crippen LogP contribution is -2.37. The molecule has 0 unspecified atom stereocenters. The molecule has 0 spiro atoms. The van der Waals surface area contributed by atoms with Gasteiger partial charge in [-0.3, -0.25) is 9.48 Å². The van der Waals surface area contributed by atoms with Crippen molar-refractivity contribution >= 4 is 17.2 Å². The highest BCUT2D eigenvalue weighted by Gasteiger charge is 2.32. The van der Waals surface area contributed by atoms with Crippen molar-refractivity contribution < 1.29 is 4.79 Å². The van der Waals surface area contributed by atoms with Gasteiger partial charge in [-0.05, 0) is 49.1 Å². The third kappa shape index (κ3) is 3.23. The molecule has 1 amide bonds. The monoisotopic (exact) mass is 403 g/mol. The molecule has 2 aromatic heterocycles. The van der Waals surface area contributed by atoms with Gasteiger partial charge in [0.15, 0.2) is 0 Å². The highest BCUT2D eigenvalue weighted by atomic mass is 32.1. The average Bonchev–Trinajstić information content (AvgIpc) is 3.40. The van der Waals surface area contributed by atoms with Crippen LogP contribution in [0.25, 0.3) is 11.3 Å². The Hall–Kier alpha value is -2.66. The zero-order chi connectivity index (χ0) is 20.1. The maximum absolute atomic E-state index is 12.5. The van der Waals surface area contributed by atoms with Crippen LogP contribution in [0.15, 0.2) is 49.1 Å². The highest BCUT2D eigenvalue weighted by molar-refractivity contribution is 7.12. The molecule has 3 heterocycles. The van der Waals surface area contributed by atoms with Crippen LogP contribution in [0, 0.1) is 6.92 Å². The smallest absolute Gasteiger partial charge is 0.246 e. The summed E-state index contributed by atoms with van der Waals surface area (Å²) < 4.78 is 2.02. The van der Waals surface area contributed by atoms with Crippen molar-refractivity contribution in [3.8, 4) is 11.3 Å². The van der Waals surface area contributed by atoms with Crippen LogP contribution in [0.4, 0.5) is 0 Å². The fourth-order valence-electron chi connectivity index (χ4n) is 4.47. The number of nitrogens with zero attached hydrogens (tertiary/aromatic N) is 3. The standard InChI is InChI=1S/C24H25N3OS/c1-4-24(28)27-13-20(19-11-15(2)29-23(19)14-27)17-7-5-6-8-18(17)22-12-21(16-9-10-16)25-26(22)3/h4-8,11-12,16,20H,1,9-10,13-14H2,2-3H3/t20-/m1/s1. The van der Waals surface area contributed by atoms with Crippen LogP contribution in [-0.4, -0.2) is 27.1 Å². The lowest BCUT2D eigenvalue weighted by atomic mass is 9.84. The summed E-state index contributed by atoms with van der Waals surface area (Å²) >= 11 is 1.80. The molecule has 148 valence electrons. The Balaban J connectivity index is 1.62. The number of amides is 1. The van der Waals surface area contributed by atoms with E-state index >= 15 is 0 Å². The summed E-state index contributed by atoms with van der Waals surface area (Å²) in [6.45, 7) is 7.20. The normalized spacial score (nSPS) is 18.6. The minimum Gasteiger partial charge on any atom is -0.333 e. The molecule has 1 aliphatic heterocycles. The third-order valence-corrected chi connectivity index (χ3v) is 7.12. The summed E-state index contributed by atoms with van der Waals surface area (Å²) in [7, 11) is 2.03. The molecule has 1 fully saturated rings. The second kappa shape index (κ2) is 6.99. The van der Waals surface area contributed by atoms with Gasteiger partial charge in [0.2, 0.25) is 5.91 Å². The predicted molar refractivity (Wildman–Crippen MR) is 117 cm³/mol. The molecule has 1 atom stereocenters. The number of rotatable bonds is 4. The van der Waals surface area contributed by atoms with Gasteiger partial charge in [-0.25, -0.2) is 0 Å². The van der Waals surface area contributed by atoms with E-state index < -0.39 is 0 Å². The Morgan fingerprint density at radius 1 is 1.24 bits per heavy atom. The number of benzene rings is 1. The van der Waals surface area contributed by atoms with Crippen molar-refractivity contribution in [2.24, 2.45) is 7.05 Å². The molecule has 5 heteroatoms. The lowest BCUT2D eigenvalue weighted by Gasteiger charge is -2.33. The molecule has 29 heavy (non-hydrogen) atoms. The van der Waals surface area contributed by atoms with Crippen molar-refractivity contribution in [2.75, 3.05) is 6.54 Å². The summed E-state index contributed by atoms with van der Waals surface area (Å²) in [6.07, 6.45) is 3.92. The number of aromatic nitrogens is 2. The number of carbonyl (C=O) groups is 1. The van der Waals surface area contributed by atoms with Gasteiger partial charge in [0.05, 0.1) is 17.9 Å². The first kappa shape index (κ1) is 18.4. The lowest BCUT2D eigenvalue weighted by molar-refractivity contribution is -0.127. The molecule has 5 rings (SSSR count). The van der Waals surface area contributed by atoms with Crippen LogP contribution in [0.3, 0.4) is 0 Å². The fourth-order valence-corrected chi connectivity index (χ4v) is 5.59. The topological polar surface area (TPSA) is 38.1 Å². The molecule has 3 aromatic rings. The zero-order valence-corrected chi connectivity index (χ0v) is 17.7. The van der Waals surface area contributed by atoms with Gasteiger partial charge in [0, 0.05) is 40.7 Å². The Morgan fingerprint density at radius 2 is 2.03 bits per heavy atom. The Kier molecular flexibility index (Phi) is 4.43. The van der Waals surface area contributed by atoms with E-state index in [9.17, 15) is 4.79 Å². The first-order valence-electron chi connectivity index (χ1n) is 10.2. The molecular formula is C24H25N3OS. The summed E-state index contributed by atoms with van der Waals surface area (Å²) in [5.41, 5.74) is 6.19. The number of carbonyl (C=O) groups excluding carboxylic acids is 1. The first-order valence-corrected chi connectivity index (χ1v) is 11.0. The summed E-state index contributed by atoms with van der Waals surface area (Å²) in [5, 5.41) is 4.78. The summed E-state index contributed by atoms with van der Waals surface area (Å²) in [4.78, 5) is 17.0. The Labute approximate surface area is 175 Å². The fraction of sp³-hybridized carbons (Fsp3) is 0.333. The van der Waals surface area contributed by atoms with E-state index in [1.54, 1.807) is 11.3 Å². The first-order chi connectivity index (χ1) is 14.0. The largest absolute Gasteiger partial charge is 0.333 e. The van der Waals surface area contributed by atoms with Crippen LogP contribution in [0.5, 0.6) is 0 Å². The predicted octanol–water partition coefficient (Wildman–Crippen LogP) is 4.99. The molecule has 0 bridgehead atoms. The minimum absolute atomic E-state index is 0.000683. The maximum Gasteiger partial charge on any atom is 0.246 e. The molecule has 4 nitrogen and oxygen atoms in total. The number of aryl methyl sites for hydroxylation is 2. The Bertz CT molecular complexity index is 1110. The number of fused-ring (bicyclic) bond motifs is 1. The van der Waals surface area contributed by atoms with E-state index in [4.69, 9.17) is 5.10 Å².